The number of alkyl carbamates (subject to hydrolysis) is 1. The van der Waals surface area contributed by atoms with Crippen molar-refractivity contribution in [1.82, 2.24) is 10.6 Å². The fraction of sp³-hybridized carbons (Fsp3) is 0.400. The van der Waals surface area contributed by atoms with Crippen molar-refractivity contribution in [2.24, 2.45) is 0 Å². The molecule has 0 saturated carbocycles. The van der Waals surface area contributed by atoms with Gasteiger partial charge in [-0.3, -0.25) is 4.79 Å². The standard InChI is InChI=1S/C25H30N2O7/c1-4-25(14-33-3,23(31)26-21(15(2)28)22(29)30)27-24(32)34-13-20-18-11-7-5-9-16(18)17-10-6-8-12-19(17)20/h5-12,15,20-21,28H,4,13-14H2,1-3H3,(H,26,31)(H,27,32)(H,29,30). The number of benzene rings is 2. The minimum atomic E-state index is -1.58. The van der Waals surface area contributed by atoms with Crippen LogP contribution in [0, 0.1) is 0 Å². The van der Waals surface area contributed by atoms with E-state index in [9.17, 15) is 24.6 Å². The Hall–Kier alpha value is -3.43. The maximum atomic E-state index is 13.0. The van der Waals surface area contributed by atoms with Gasteiger partial charge in [-0.05, 0) is 35.6 Å². The Balaban J connectivity index is 1.74. The highest BCUT2D eigenvalue weighted by atomic mass is 16.5. The minimum absolute atomic E-state index is 0.0552. The van der Waals surface area contributed by atoms with Crippen LogP contribution in [0.2, 0.25) is 0 Å². The van der Waals surface area contributed by atoms with Crippen molar-refractivity contribution >= 4 is 18.0 Å². The Kier molecular flexibility index (Phi) is 7.90. The zero-order valence-corrected chi connectivity index (χ0v) is 19.4. The number of ether oxygens (including phenoxy) is 2. The van der Waals surface area contributed by atoms with Crippen molar-refractivity contribution < 1.29 is 34.1 Å². The van der Waals surface area contributed by atoms with Gasteiger partial charge in [0.05, 0.1) is 12.7 Å². The van der Waals surface area contributed by atoms with E-state index in [1.54, 1.807) is 6.92 Å². The van der Waals surface area contributed by atoms with E-state index >= 15 is 0 Å². The molecule has 1 aliphatic rings. The topological polar surface area (TPSA) is 134 Å². The third-order valence-corrected chi connectivity index (χ3v) is 6.15. The molecule has 0 bridgehead atoms. The summed E-state index contributed by atoms with van der Waals surface area (Å²) in [4.78, 5) is 37.2. The van der Waals surface area contributed by atoms with Crippen molar-refractivity contribution in [3.63, 3.8) is 0 Å². The van der Waals surface area contributed by atoms with Crippen LogP contribution in [0.4, 0.5) is 4.79 Å². The van der Waals surface area contributed by atoms with E-state index in [4.69, 9.17) is 9.47 Å². The number of carbonyl (C=O) groups is 3. The van der Waals surface area contributed by atoms with Crippen molar-refractivity contribution in [1.29, 1.82) is 0 Å². The molecule has 9 nitrogen and oxygen atoms in total. The molecule has 0 aliphatic heterocycles. The first kappa shape index (κ1) is 25.2. The third kappa shape index (κ3) is 5.05. The van der Waals surface area contributed by atoms with Crippen LogP contribution in [0.1, 0.15) is 37.3 Å². The van der Waals surface area contributed by atoms with Crippen LogP contribution in [0.25, 0.3) is 11.1 Å². The van der Waals surface area contributed by atoms with Crippen LogP contribution in [0.15, 0.2) is 48.5 Å². The number of carboxylic acids is 1. The summed E-state index contributed by atoms with van der Waals surface area (Å²) in [5, 5.41) is 23.8. The van der Waals surface area contributed by atoms with Crippen LogP contribution >= 0.6 is 0 Å². The summed E-state index contributed by atoms with van der Waals surface area (Å²) in [6.07, 6.45) is -2.07. The summed E-state index contributed by atoms with van der Waals surface area (Å²) in [6.45, 7) is 2.74. The van der Waals surface area contributed by atoms with Gasteiger partial charge in [0.25, 0.3) is 0 Å². The van der Waals surface area contributed by atoms with Gasteiger partial charge in [0.15, 0.2) is 6.04 Å². The highest BCUT2D eigenvalue weighted by molar-refractivity contribution is 5.93. The van der Waals surface area contributed by atoms with E-state index in [-0.39, 0.29) is 25.6 Å². The molecule has 9 heteroatoms. The van der Waals surface area contributed by atoms with Gasteiger partial charge < -0.3 is 30.3 Å². The molecule has 2 amide bonds. The number of rotatable bonds is 10. The fourth-order valence-corrected chi connectivity index (χ4v) is 4.25. The van der Waals surface area contributed by atoms with Gasteiger partial charge in [0, 0.05) is 13.0 Å². The molecule has 3 unspecified atom stereocenters. The van der Waals surface area contributed by atoms with Gasteiger partial charge in [0.2, 0.25) is 5.91 Å². The second-order valence-corrected chi connectivity index (χ2v) is 8.35. The Morgan fingerprint density at radius 3 is 2.09 bits per heavy atom. The second kappa shape index (κ2) is 10.7. The van der Waals surface area contributed by atoms with E-state index in [2.05, 4.69) is 10.6 Å². The van der Waals surface area contributed by atoms with E-state index < -0.39 is 35.7 Å². The van der Waals surface area contributed by atoms with E-state index in [0.717, 1.165) is 22.3 Å². The lowest BCUT2D eigenvalue weighted by molar-refractivity contribution is -0.146. The number of aliphatic hydroxyl groups is 1. The SMILES string of the molecule is CCC(COC)(NC(=O)OCC1c2ccccc2-c2ccccc21)C(=O)NC(C(=O)O)C(C)O. The summed E-state index contributed by atoms with van der Waals surface area (Å²) < 4.78 is 10.7. The van der Waals surface area contributed by atoms with Crippen LogP contribution in [0.5, 0.6) is 0 Å². The monoisotopic (exact) mass is 470 g/mol. The zero-order chi connectivity index (χ0) is 24.9. The first-order valence-electron chi connectivity index (χ1n) is 11.1. The molecule has 0 spiro atoms. The second-order valence-electron chi connectivity index (χ2n) is 8.35. The molecule has 0 saturated heterocycles. The Bertz CT molecular complexity index is 1010. The van der Waals surface area contributed by atoms with E-state index in [0.29, 0.717) is 0 Å². The summed E-state index contributed by atoms with van der Waals surface area (Å²) in [6, 6.07) is 14.3. The number of methoxy groups -OCH3 is 1. The predicted molar refractivity (Wildman–Crippen MR) is 124 cm³/mol. The number of aliphatic carboxylic acids is 1. The van der Waals surface area contributed by atoms with Crippen molar-refractivity contribution in [2.75, 3.05) is 20.3 Å². The van der Waals surface area contributed by atoms with Gasteiger partial charge >= 0.3 is 12.1 Å². The molecule has 2 aromatic carbocycles. The molecule has 34 heavy (non-hydrogen) atoms. The quantitative estimate of drug-likeness (QED) is 0.418. The van der Waals surface area contributed by atoms with Crippen LogP contribution in [-0.4, -0.2) is 66.2 Å². The molecule has 3 atom stereocenters. The summed E-state index contributed by atoms with van der Waals surface area (Å²) >= 11 is 0. The van der Waals surface area contributed by atoms with Gasteiger partial charge in [0.1, 0.15) is 12.1 Å². The minimum Gasteiger partial charge on any atom is -0.480 e. The molecule has 182 valence electrons. The molecule has 4 N–H and O–H groups in total. The van der Waals surface area contributed by atoms with Crippen LogP contribution in [-0.2, 0) is 19.1 Å². The molecular weight excluding hydrogens is 440 g/mol. The maximum Gasteiger partial charge on any atom is 0.408 e. The lowest BCUT2D eigenvalue weighted by Gasteiger charge is -2.33. The molecule has 0 fully saturated rings. The van der Waals surface area contributed by atoms with E-state index in [1.807, 2.05) is 48.5 Å². The normalized spacial score (nSPS) is 15.9. The lowest BCUT2D eigenvalue weighted by Crippen LogP contribution is -2.64. The number of carboxylic acid groups (broad SMARTS) is 1. The van der Waals surface area contributed by atoms with Gasteiger partial charge in [-0.1, -0.05) is 55.5 Å². The number of hydrogen-bond donors (Lipinski definition) is 4. The average Bonchev–Trinajstić information content (AvgIpc) is 3.14. The molecule has 0 aromatic heterocycles. The number of hydrogen-bond acceptors (Lipinski definition) is 6. The summed E-state index contributed by atoms with van der Waals surface area (Å²) in [5.41, 5.74) is 2.70. The summed E-state index contributed by atoms with van der Waals surface area (Å²) in [5.74, 6) is -2.34. The molecule has 0 heterocycles. The highest BCUT2D eigenvalue weighted by Crippen LogP contribution is 2.44. The highest BCUT2D eigenvalue weighted by Gasteiger charge is 2.42. The Morgan fingerprint density at radius 2 is 1.62 bits per heavy atom. The number of amides is 2. The van der Waals surface area contributed by atoms with Crippen LogP contribution in [0.3, 0.4) is 0 Å². The number of carbonyl (C=O) groups excluding carboxylic acids is 2. The number of nitrogens with one attached hydrogen (secondary N) is 2. The van der Waals surface area contributed by atoms with Crippen molar-refractivity contribution in [3.8, 4) is 11.1 Å². The maximum absolute atomic E-state index is 13.0. The average molecular weight is 471 g/mol. The van der Waals surface area contributed by atoms with Gasteiger partial charge in [-0.25, -0.2) is 9.59 Å². The van der Waals surface area contributed by atoms with Crippen molar-refractivity contribution in [3.05, 3.63) is 59.7 Å². The lowest BCUT2D eigenvalue weighted by atomic mass is 9.95. The first-order valence-corrected chi connectivity index (χ1v) is 11.1. The zero-order valence-electron chi connectivity index (χ0n) is 19.4. The molecular formula is C25H30N2O7. The van der Waals surface area contributed by atoms with Gasteiger partial charge in [-0.2, -0.15) is 0 Å². The number of aliphatic hydroxyl groups excluding tert-OH is 1. The summed E-state index contributed by atoms with van der Waals surface area (Å²) in [7, 11) is 1.36. The Morgan fingerprint density at radius 1 is 1.06 bits per heavy atom. The van der Waals surface area contributed by atoms with E-state index in [1.165, 1.54) is 14.0 Å². The van der Waals surface area contributed by atoms with Crippen molar-refractivity contribution in [2.45, 2.75) is 43.9 Å². The smallest absolute Gasteiger partial charge is 0.408 e. The molecule has 0 radical (unpaired) electrons. The molecule has 2 aromatic rings. The predicted octanol–water partition coefficient (Wildman–Crippen LogP) is 2.27. The molecule has 3 rings (SSSR count). The third-order valence-electron chi connectivity index (χ3n) is 6.15. The van der Waals surface area contributed by atoms with Gasteiger partial charge in [-0.15, -0.1) is 0 Å². The first-order chi connectivity index (χ1) is 16.2. The number of fused-ring (bicyclic) bond motifs is 3. The van der Waals surface area contributed by atoms with Crippen LogP contribution < -0.4 is 10.6 Å². The Labute approximate surface area is 198 Å². The largest absolute Gasteiger partial charge is 0.480 e. The fourth-order valence-electron chi connectivity index (χ4n) is 4.25. The molecule has 1 aliphatic carbocycles.